The predicted molar refractivity (Wildman–Crippen MR) is 71.0 cm³/mol. The molecule has 7 heteroatoms. The highest BCUT2D eigenvalue weighted by atomic mass is 16.5. The third kappa shape index (κ3) is 2.29. The van der Waals surface area contributed by atoms with Crippen LogP contribution in [0.5, 0.6) is 0 Å². The number of nitrogens with zero attached hydrogens (tertiary/aromatic N) is 2. The topological polar surface area (TPSA) is 103 Å². The number of carbonyl (C=O) groups is 3. The maximum absolute atomic E-state index is 12.7. The number of Topliss-reactive ketones (excluding diaryl/α,β-unsaturated/α-hetero) is 1. The Morgan fingerprint density at radius 1 is 1.38 bits per heavy atom. The highest BCUT2D eigenvalue weighted by molar-refractivity contribution is 6.06. The van der Waals surface area contributed by atoms with Gasteiger partial charge in [0, 0.05) is 18.9 Å². The van der Waals surface area contributed by atoms with Gasteiger partial charge in [0.1, 0.15) is 18.6 Å². The molecule has 0 aliphatic carbocycles. The Kier molecular flexibility index (Phi) is 3.42. The normalized spacial score (nSPS) is 25.7. The van der Waals surface area contributed by atoms with Crippen molar-refractivity contribution in [2.24, 2.45) is 5.73 Å². The van der Waals surface area contributed by atoms with E-state index in [9.17, 15) is 14.4 Å². The molecule has 3 unspecified atom stereocenters. The fraction of sp³-hybridized carbons (Fsp3) is 0.429. The fourth-order valence-electron chi connectivity index (χ4n) is 2.99. The van der Waals surface area contributed by atoms with Crippen LogP contribution in [0.4, 0.5) is 0 Å². The van der Waals surface area contributed by atoms with Crippen molar-refractivity contribution in [3.05, 3.63) is 30.1 Å². The first-order valence-corrected chi connectivity index (χ1v) is 6.73. The van der Waals surface area contributed by atoms with Gasteiger partial charge in [-0.05, 0) is 24.1 Å². The van der Waals surface area contributed by atoms with Crippen LogP contribution >= 0.6 is 0 Å². The lowest BCUT2D eigenvalue weighted by atomic mass is 9.97. The van der Waals surface area contributed by atoms with Crippen molar-refractivity contribution in [3.8, 4) is 0 Å². The van der Waals surface area contributed by atoms with Crippen molar-refractivity contribution in [1.29, 1.82) is 0 Å². The van der Waals surface area contributed by atoms with Gasteiger partial charge < -0.3 is 15.4 Å². The molecule has 21 heavy (non-hydrogen) atoms. The smallest absolute Gasteiger partial charge is 0.240 e. The van der Waals surface area contributed by atoms with E-state index in [-0.39, 0.29) is 18.5 Å². The van der Waals surface area contributed by atoms with Gasteiger partial charge in [0.2, 0.25) is 11.8 Å². The largest absolute Gasteiger partial charge is 0.369 e. The quantitative estimate of drug-likeness (QED) is 0.735. The Morgan fingerprint density at radius 3 is 2.76 bits per heavy atom. The molecule has 3 atom stereocenters. The Balaban J connectivity index is 1.89. The number of ketones is 1. The van der Waals surface area contributed by atoms with Gasteiger partial charge in [0.15, 0.2) is 5.78 Å². The van der Waals surface area contributed by atoms with Crippen molar-refractivity contribution < 1.29 is 19.1 Å². The van der Waals surface area contributed by atoms with Gasteiger partial charge in [-0.3, -0.25) is 19.4 Å². The molecule has 2 aliphatic heterocycles. The van der Waals surface area contributed by atoms with Crippen LogP contribution < -0.4 is 5.73 Å². The van der Waals surface area contributed by atoms with Crippen LogP contribution in [-0.2, 0) is 19.1 Å². The van der Waals surface area contributed by atoms with Crippen LogP contribution in [-0.4, -0.2) is 52.8 Å². The number of ether oxygens (including phenoxy) is 1. The van der Waals surface area contributed by atoms with E-state index in [2.05, 4.69) is 4.98 Å². The summed E-state index contributed by atoms with van der Waals surface area (Å²) >= 11 is 0. The standard InChI is InChI=1S/C14H15N3O4/c15-13(19)11(8-1-4-16-5-2-8)14(20)17-6-3-10-12(17)9(18)7-21-10/h1-2,4-5,10-12H,3,6-7H2,(H2,15,19). The Hall–Kier alpha value is -2.28. The number of hydrogen-bond donors (Lipinski definition) is 1. The Morgan fingerprint density at radius 2 is 2.10 bits per heavy atom. The molecule has 110 valence electrons. The summed E-state index contributed by atoms with van der Waals surface area (Å²) in [6.07, 6.45) is 3.33. The van der Waals surface area contributed by atoms with Gasteiger partial charge in [0.05, 0.1) is 6.10 Å². The molecule has 2 saturated heterocycles. The highest BCUT2D eigenvalue weighted by Crippen LogP contribution is 2.30. The van der Waals surface area contributed by atoms with Gasteiger partial charge in [-0.1, -0.05) is 0 Å². The lowest BCUT2D eigenvalue weighted by molar-refractivity contribution is -0.141. The van der Waals surface area contributed by atoms with Crippen LogP contribution in [0.3, 0.4) is 0 Å². The van der Waals surface area contributed by atoms with Gasteiger partial charge in [-0.2, -0.15) is 0 Å². The van der Waals surface area contributed by atoms with E-state index in [1.807, 2.05) is 0 Å². The van der Waals surface area contributed by atoms with E-state index in [1.54, 1.807) is 12.1 Å². The van der Waals surface area contributed by atoms with Gasteiger partial charge in [0.25, 0.3) is 0 Å². The van der Waals surface area contributed by atoms with Crippen LogP contribution in [0.25, 0.3) is 0 Å². The van der Waals surface area contributed by atoms with E-state index in [4.69, 9.17) is 10.5 Å². The lowest BCUT2D eigenvalue weighted by Crippen LogP contribution is -2.46. The van der Waals surface area contributed by atoms with E-state index in [1.165, 1.54) is 17.3 Å². The number of amides is 2. The SMILES string of the molecule is NC(=O)C(C(=O)N1CCC2OCC(=O)C21)c1ccncc1. The molecule has 0 bridgehead atoms. The predicted octanol–water partition coefficient (Wildman–Crippen LogP) is -0.781. The number of rotatable bonds is 3. The molecule has 1 aromatic rings. The van der Waals surface area contributed by atoms with Crippen molar-refractivity contribution in [1.82, 2.24) is 9.88 Å². The summed E-state index contributed by atoms with van der Waals surface area (Å²) in [7, 11) is 0. The second-order valence-electron chi connectivity index (χ2n) is 5.20. The number of pyridine rings is 1. The Bertz CT molecular complexity index is 589. The summed E-state index contributed by atoms with van der Waals surface area (Å²) in [4.78, 5) is 41.5. The molecule has 2 fully saturated rings. The molecule has 7 nitrogen and oxygen atoms in total. The molecule has 0 aromatic carbocycles. The van der Waals surface area contributed by atoms with E-state index in [0.717, 1.165) is 0 Å². The number of hydrogen-bond acceptors (Lipinski definition) is 5. The molecule has 1 aromatic heterocycles. The molecular weight excluding hydrogens is 274 g/mol. The summed E-state index contributed by atoms with van der Waals surface area (Å²) in [6.45, 7) is 0.421. The first-order chi connectivity index (χ1) is 10.1. The molecule has 2 aliphatic rings. The molecule has 3 rings (SSSR count). The van der Waals surface area contributed by atoms with Crippen molar-refractivity contribution in [3.63, 3.8) is 0 Å². The third-order valence-electron chi connectivity index (χ3n) is 3.97. The maximum Gasteiger partial charge on any atom is 0.240 e. The van der Waals surface area contributed by atoms with Gasteiger partial charge >= 0.3 is 0 Å². The molecule has 2 N–H and O–H groups in total. The fourth-order valence-corrected chi connectivity index (χ4v) is 2.99. The summed E-state index contributed by atoms with van der Waals surface area (Å²) in [5.41, 5.74) is 5.87. The molecule has 0 radical (unpaired) electrons. The van der Waals surface area contributed by atoms with Crippen LogP contribution in [0.2, 0.25) is 0 Å². The summed E-state index contributed by atoms with van der Waals surface area (Å²) in [6, 6.07) is 2.57. The minimum absolute atomic E-state index is 0.0234. The number of nitrogens with two attached hydrogens (primary N) is 1. The average molecular weight is 289 g/mol. The van der Waals surface area contributed by atoms with Crippen molar-refractivity contribution in [2.45, 2.75) is 24.5 Å². The Labute approximate surface area is 121 Å². The zero-order valence-electron chi connectivity index (χ0n) is 11.3. The van der Waals surface area contributed by atoms with Gasteiger partial charge in [-0.15, -0.1) is 0 Å². The van der Waals surface area contributed by atoms with Crippen molar-refractivity contribution in [2.75, 3.05) is 13.2 Å². The zero-order chi connectivity index (χ0) is 15.0. The second-order valence-corrected chi connectivity index (χ2v) is 5.20. The first kappa shape index (κ1) is 13.7. The van der Waals surface area contributed by atoms with E-state index >= 15 is 0 Å². The molecule has 0 spiro atoms. The highest BCUT2D eigenvalue weighted by Gasteiger charge is 2.48. The number of likely N-dealkylation sites (tertiary alicyclic amines) is 1. The summed E-state index contributed by atoms with van der Waals surface area (Å²) in [5, 5.41) is 0. The number of carbonyl (C=O) groups excluding carboxylic acids is 3. The monoisotopic (exact) mass is 289 g/mol. The molecular formula is C14H15N3O4. The second kappa shape index (κ2) is 5.25. The maximum atomic E-state index is 12.7. The van der Waals surface area contributed by atoms with Crippen LogP contribution in [0.15, 0.2) is 24.5 Å². The van der Waals surface area contributed by atoms with Crippen molar-refractivity contribution >= 4 is 17.6 Å². The zero-order valence-corrected chi connectivity index (χ0v) is 11.3. The minimum Gasteiger partial charge on any atom is -0.369 e. The molecule has 0 saturated carbocycles. The van der Waals surface area contributed by atoms with E-state index < -0.39 is 23.8 Å². The van der Waals surface area contributed by atoms with Crippen LogP contribution in [0, 0.1) is 0 Å². The number of fused-ring (bicyclic) bond motifs is 1. The number of aromatic nitrogens is 1. The molecule has 2 amide bonds. The first-order valence-electron chi connectivity index (χ1n) is 6.73. The lowest BCUT2D eigenvalue weighted by Gasteiger charge is -2.25. The van der Waals surface area contributed by atoms with E-state index in [0.29, 0.717) is 18.5 Å². The number of primary amides is 1. The minimum atomic E-state index is -1.10. The van der Waals surface area contributed by atoms with Gasteiger partial charge in [-0.25, -0.2) is 0 Å². The summed E-state index contributed by atoms with van der Waals surface area (Å²) in [5.74, 6) is -2.40. The van der Waals surface area contributed by atoms with Crippen LogP contribution in [0.1, 0.15) is 17.9 Å². The summed E-state index contributed by atoms with van der Waals surface area (Å²) < 4.78 is 5.35. The average Bonchev–Trinajstić information content (AvgIpc) is 3.03. The molecule has 3 heterocycles. The third-order valence-corrected chi connectivity index (χ3v) is 3.97.